The van der Waals surface area contributed by atoms with Gasteiger partial charge >= 0.3 is 0 Å². The average molecular weight is 292 g/mol. The molecule has 1 aromatic rings. The van der Waals surface area contributed by atoms with Crippen molar-refractivity contribution in [2.75, 3.05) is 19.7 Å². The summed E-state index contributed by atoms with van der Waals surface area (Å²) in [5, 5.41) is 6.33. The topological polar surface area (TPSA) is 50.4 Å². The van der Waals surface area contributed by atoms with Crippen molar-refractivity contribution in [3.8, 4) is 5.75 Å². The highest BCUT2D eigenvalue weighted by atomic mass is 19.1. The maximum atomic E-state index is 13.7. The minimum Gasteiger partial charge on any atom is -0.490 e. The highest BCUT2D eigenvalue weighted by molar-refractivity contribution is 5.76. The Kier molecular flexibility index (Phi) is 4.39. The van der Waals surface area contributed by atoms with Gasteiger partial charge in [0.1, 0.15) is 0 Å². The largest absolute Gasteiger partial charge is 0.490 e. The number of rotatable bonds is 4. The predicted molar refractivity (Wildman–Crippen MR) is 77.6 cm³/mol. The molecule has 4 nitrogen and oxygen atoms in total. The lowest BCUT2D eigenvalue weighted by atomic mass is 9.99. The lowest BCUT2D eigenvalue weighted by Gasteiger charge is -2.27. The van der Waals surface area contributed by atoms with E-state index < -0.39 is 0 Å². The molecule has 2 aliphatic heterocycles. The van der Waals surface area contributed by atoms with Crippen molar-refractivity contribution in [1.82, 2.24) is 10.6 Å². The fourth-order valence-electron chi connectivity index (χ4n) is 3.10. The van der Waals surface area contributed by atoms with Crippen LogP contribution in [0.1, 0.15) is 37.3 Å². The number of nitrogens with one attached hydrogen (secondary N) is 2. The van der Waals surface area contributed by atoms with Gasteiger partial charge in [-0.2, -0.15) is 0 Å². The van der Waals surface area contributed by atoms with Crippen LogP contribution in [-0.4, -0.2) is 25.6 Å². The average Bonchev–Trinajstić information content (AvgIpc) is 3.00. The van der Waals surface area contributed by atoms with Crippen LogP contribution in [-0.2, 0) is 4.79 Å². The molecule has 5 heteroatoms. The molecule has 0 aromatic heterocycles. The maximum absolute atomic E-state index is 13.7. The van der Waals surface area contributed by atoms with Crippen molar-refractivity contribution in [2.45, 2.75) is 31.7 Å². The summed E-state index contributed by atoms with van der Waals surface area (Å²) in [6, 6.07) is 4.73. The Balaban J connectivity index is 1.58. The van der Waals surface area contributed by atoms with Crippen molar-refractivity contribution in [3.63, 3.8) is 0 Å². The van der Waals surface area contributed by atoms with E-state index in [1.807, 2.05) is 6.07 Å². The summed E-state index contributed by atoms with van der Waals surface area (Å²) >= 11 is 0. The summed E-state index contributed by atoms with van der Waals surface area (Å²) in [5.74, 6) is 0.580. The normalized spacial score (nSPS) is 24.2. The molecule has 2 atom stereocenters. The number of carbonyl (C=O) groups excluding carboxylic acids is 1. The number of fused-ring (bicyclic) bond motifs is 1. The van der Waals surface area contributed by atoms with Gasteiger partial charge in [-0.15, -0.1) is 0 Å². The number of hydrogen-bond donors (Lipinski definition) is 2. The van der Waals surface area contributed by atoms with E-state index in [1.54, 1.807) is 6.07 Å². The van der Waals surface area contributed by atoms with Crippen LogP contribution in [0.2, 0.25) is 0 Å². The Morgan fingerprint density at radius 3 is 3.14 bits per heavy atom. The van der Waals surface area contributed by atoms with E-state index in [4.69, 9.17) is 4.74 Å². The minimum atomic E-state index is -0.358. The summed E-state index contributed by atoms with van der Waals surface area (Å²) in [6.45, 7) is 2.50. The molecule has 114 valence electrons. The summed E-state index contributed by atoms with van der Waals surface area (Å²) in [4.78, 5) is 12.1. The molecular weight excluding hydrogens is 271 g/mol. The zero-order valence-corrected chi connectivity index (χ0v) is 12.0. The number of halogens is 1. The third-order valence-electron chi connectivity index (χ3n) is 4.30. The molecule has 0 bridgehead atoms. The van der Waals surface area contributed by atoms with Gasteiger partial charge in [0.2, 0.25) is 5.91 Å². The van der Waals surface area contributed by atoms with Crippen LogP contribution in [0.15, 0.2) is 18.2 Å². The highest BCUT2D eigenvalue weighted by Crippen LogP contribution is 2.34. The number of ether oxygens (including phenoxy) is 1. The molecule has 1 saturated heterocycles. The highest BCUT2D eigenvalue weighted by Gasteiger charge is 2.25. The van der Waals surface area contributed by atoms with Crippen molar-refractivity contribution in [2.24, 2.45) is 5.92 Å². The van der Waals surface area contributed by atoms with Gasteiger partial charge in [-0.1, -0.05) is 12.1 Å². The first-order valence-corrected chi connectivity index (χ1v) is 7.65. The smallest absolute Gasteiger partial charge is 0.220 e. The quantitative estimate of drug-likeness (QED) is 0.894. The van der Waals surface area contributed by atoms with Crippen LogP contribution in [0.25, 0.3) is 0 Å². The van der Waals surface area contributed by atoms with Gasteiger partial charge in [0.05, 0.1) is 12.6 Å². The molecule has 0 spiro atoms. The number of para-hydroxylation sites is 1. The second kappa shape index (κ2) is 6.43. The SMILES string of the molecule is O=C(CC[C@@H]1CCNC1)N[C@@H]1CCOc2c(F)cccc21. The molecule has 0 radical (unpaired) electrons. The lowest BCUT2D eigenvalue weighted by Crippen LogP contribution is -2.32. The second-order valence-corrected chi connectivity index (χ2v) is 5.81. The Morgan fingerprint density at radius 1 is 1.43 bits per heavy atom. The lowest BCUT2D eigenvalue weighted by molar-refractivity contribution is -0.122. The molecule has 2 N–H and O–H groups in total. The Morgan fingerprint density at radius 2 is 2.33 bits per heavy atom. The van der Waals surface area contributed by atoms with E-state index in [9.17, 15) is 9.18 Å². The van der Waals surface area contributed by atoms with E-state index in [-0.39, 0.29) is 23.5 Å². The van der Waals surface area contributed by atoms with E-state index in [2.05, 4.69) is 10.6 Å². The molecule has 21 heavy (non-hydrogen) atoms. The fraction of sp³-hybridized carbons (Fsp3) is 0.562. The molecule has 0 saturated carbocycles. The summed E-state index contributed by atoms with van der Waals surface area (Å²) in [6.07, 6.45) is 3.29. The van der Waals surface area contributed by atoms with Crippen LogP contribution < -0.4 is 15.4 Å². The predicted octanol–water partition coefficient (Wildman–Crippen LogP) is 2.16. The van der Waals surface area contributed by atoms with Gasteiger partial charge < -0.3 is 15.4 Å². The van der Waals surface area contributed by atoms with Crippen LogP contribution in [0, 0.1) is 11.7 Å². The molecule has 0 unspecified atom stereocenters. The Hall–Kier alpha value is -1.62. The van der Waals surface area contributed by atoms with Gasteiger partial charge in [0, 0.05) is 18.4 Å². The third-order valence-corrected chi connectivity index (χ3v) is 4.30. The Bertz CT molecular complexity index is 515. The van der Waals surface area contributed by atoms with Gasteiger partial charge in [-0.25, -0.2) is 4.39 Å². The summed E-state index contributed by atoms with van der Waals surface area (Å²) in [7, 11) is 0. The van der Waals surface area contributed by atoms with Crippen molar-refractivity contribution < 1.29 is 13.9 Å². The molecule has 2 aliphatic rings. The first kappa shape index (κ1) is 14.3. The van der Waals surface area contributed by atoms with E-state index in [0.717, 1.165) is 31.5 Å². The van der Waals surface area contributed by atoms with Crippen molar-refractivity contribution in [1.29, 1.82) is 0 Å². The van der Waals surface area contributed by atoms with Crippen LogP contribution in [0.5, 0.6) is 5.75 Å². The minimum absolute atomic E-state index is 0.0454. The van der Waals surface area contributed by atoms with Crippen LogP contribution in [0.3, 0.4) is 0 Å². The van der Waals surface area contributed by atoms with E-state index >= 15 is 0 Å². The monoisotopic (exact) mass is 292 g/mol. The van der Waals surface area contributed by atoms with Crippen molar-refractivity contribution in [3.05, 3.63) is 29.6 Å². The van der Waals surface area contributed by atoms with E-state index in [1.165, 1.54) is 6.07 Å². The van der Waals surface area contributed by atoms with E-state index in [0.29, 0.717) is 25.4 Å². The molecule has 3 rings (SSSR count). The standard InChI is InChI=1S/C16H21FN2O2/c17-13-3-1-2-12-14(7-9-21-16(12)13)19-15(20)5-4-11-6-8-18-10-11/h1-3,11,14,18H,4-10H2,(H,19,20)/t11-,14-/m1/s1. The number of carbonyl (C=O) groups is 1. The fourth-order valence-corrected chi connectivity index (χ4v) is 3.10. The molecule has 0 aliphatic carbocycles. The van der Waals surface area contributed by atoms with Crippen LogP contribution in [0.4, 0.5) is 4.39 Å². The molecule has 1 aromatic carbocycles. The number of benzene rings is 1. The molecular formula is C16H21FN2O2. The van der Waals surface area contributed by atoms with Crippen LogP contribution >= 0.6 is 0 Å². The molecule has 2 heterocycles. The number of hydrogen-bond acceptors (Lipinski definition) is 3. The van der Waals surface area contributed by atoms with Gasteiger partial charge in [0.25, 0.3) is 0 Å². The second-order valence-electron chi connectivity index (χ2n) is 5.81. The first-order chi connectivity index (χ1) is 10.2. The molecule has 1 amide bonds. The Labute approximate surface area is 124 Å². The van der Waals surface area contributed by atoms with Crippen molar-refractivity contribution >= 4 is 5.91 Å². The maximum Gasteiger partial charge on any atom is 0.220 e. The van der Waals surface area contributed by atoms with Gasteiger partial charge in [-0.3, -0.25) is 4.79 Å². The summed E-state index contributed by atoms with van der Waals surface area (Å²) in [5.41, 5.74) is 0.747. The zero-order chi connectivity index (χ0) is 14.7. The molecule has 1 fully saturated rings. The summed E-state index contributed by atoms with van der Waals surface area (Å²) < 4.78 is 19.1. The van der Waals surface area contributed by atoms with Gasteiger partial charge in [0.15, 0.2) is 11.6 Å². The zero-order valence-electron chi connectivity index (χ0n) is 12.0. The third kappa shape index (κ3) is 3.35. The van der Waals surface area contributed by atoms with Gasteiger partial charge in [-0.05, 0) is 37.9 Å². The number of amides is 1. The first-order valence-electron chi connectivity index (χ1n) is 7.65.